The molecule has 1 atom stereocenters. The van der Waals surface area contributed by atoms with Crippen molar-refractivity contribution in [3.63, 3.8) is 0 Å². The van der Waals surface area contributed by atoms with E-state index in [2.05, 4.69) is 11.0 Å². The predicted octanol–water partition coefficient (Wildman–Crippen LogP) is 4.33. The van der Waals surface area contributed by atoms with Crippen molar-refractivity contribution in [3.8, 4) is 5.75 Å². The van der Waals surface area contributed by atoms with Crippen molar-refractivity contribution in [2.45, 2.75) is 45.8 Å². The smallest absolute Gasteiger partial charge is 0.340 e. The molecule has 0 spiro atoms. The van der Waals surface area contributed by atoms with Crippen LogP contribution in [0.2, 0.25) is 0 Å². The van der Waals surface area contributed by atoms with Crippen LogP contribution in [0.4, 0.5) is 0 Å². The zero-order valence-corrected chi connectivity index (χ0v) is 17.6. The van der Waals surface area contributed by atoms with Crippen LogP contribution in [0, 0.1) is 13.8 Å². The van der Waals surface area contributed by atoms with E-state index < -0.39 is 0 Å². The number of hydrogen-bond donors (Lipinski definition) is 0. The number of benzene rings is 2. The molecule has 5 heteroatoms. The van der Waals surface area contributed by atoms with E-state index in [0.717, 1.165) is 71.5 Å². The van der Waals surface area contributed by atoms with E-state index in [9.17, 15) is 4.79 Å². The zero-order chi connectivity index (χ0) is 20.7. The molecule has 0 saturated carbocycles. The minimum absolute atomic E-state index is 0.261. The molecule has 0 unspecified atom stereocenters. The van der Waals surface area contributed by atoms with E-state index >= 15 is 0 Å². The van der Waals surface area contributed by atoms with Gasteiger partial charge in [-0.25, -0.2) is 4.79 Å². The minimum Gasteiger partial charge on any atom is -0.477 e. The summed E-state index contributed by atoms with van der Waals surface area (Å²) in [6.07, 6.45) is 3.13. The van der Waals surface area contributed by atoms with Gasteiger partial charge in [-0.15, -0.1) is 0 Å². The Hall–Kier alpha value is -2.63. The second kappa shape index (κ2) is 7.89. The number of nitrogens with zero attached hydrogens (tertiary/aromatic N) is 1. The molecule has 1 aromatic heterocycles. The van der Waals surface area contributed by atoms with Crippen molar-refractivity contribution in [1.29, 1.82) is 0 Å². The number of rotatable bonds is 4. The maximum Gasteiger partial charge on any atom is 0.340 e. The summed E-state index contributed by atoms with van der Waals surface area (Å²) in [7, 11) is 0. The van der Waals surface area contributed by atoms with E-state index in [1.54, 1.807) is 0 Å². The van der Waals surface area contributed by atoms with Crippen molar-refractivity contribution >= 4 is 11.0 Å². The number of fused-ring (bicyclic) bond motifs is 2. The Morgan fingerprint density at radius 2 is 1.97 bits per heavy atom. The first kappa shape index (κ1) is 19.3. The van der Waals surface area contributed by atoms with Gasteiger partial charge in [0.1, 0.15) is 18.1 Å². The Bertz CT molecular complexity index is 1130. The molecular weight excluding hydrogens is 378 g/mol. The normalized spacial score (nSPS) is 19.1. The lowest BCUT2D eigenvalue weighted by Crippen LogP contribution is -2.37. The first-order valence-corrected chi connectivity index (χ1v) is 10.7. The summed E-state index contributed by atoms with van der Waals surface area (Å²) in [6.45, 7) is 7.11. The molecule has 30 heavy (non-hydrogen) atoms. The maximum atomic E-state index is 12.8. The summed E-state index contributed by atoms with van der Waals surface area (Å²) in [4.78, 5) is 15.1. The molecule has 3 aromatic rings. The Morgan fingerprint density at radius 1 is 1.13 bits per heavy atom. The summed E-state index contributed by atoms with van der Waals surface area (Å²) >= 11 is 0. The molecule has 156 valence electrons. The lowest BCUT2D eigenvalue weighted by molar-refractivity contribution is 0.0277. The predicted molar refractivity (Wildman–Crippen MR) is 116 cm³/mol. The second-order valence-corrected chi connectivity index (χ2v) is 8.44. The SMILES string of the molecule is Cc1c(Cc2ccccc2)c(=O)oc2c(C)c3c(cc12)CN(C[C@H]1CCCO1)CO3. The van der Waals surface area contributed by atoms with Crippen LogP contribution in [-0.2, 0) is 17.7 Å². The molecule has 3 heterocycles. The monoisotopic (exact) mass is 405 g/mol. The maximum absolute atomic E-state index is 12.8. The second-order valence-electron chi connectivity index (χ2n) is 8.44. The summed E-state index contributed by atoms with van der Waals surface area (Å²) < 4.78 is 17.7. The van der Waals surface area contributed by atoms with Gasteiger partial charge in [0, 0.05) is 48.2 Å². The van der Waals surface area contributed by atoms with E-state index in [1.165, 1.54) is 0 Å². The van der Waals surface area contributed by atoms with E-state index in [-0.39, 0.29) is 5.63 Å². The number of ether oxygens (including phenoxy) is 2. The van der Waals surface area contributed by atoms with Gasteiger partial charge in [-0.3, -0.25) is 4.90 Å². The van der Waals surface area contributed by atoms with Gasteiger partial charge in [0.25, 0.3) is 0 Å². The van der Waals surface area contributed by atoms with Crippen LogP contribution in [0.1, 0.15) is 40.7 Å². The van der Waals surface area contributed by atoms with Gasteiger partial charge in [0.05, 0.1) is 6.10 Å². The molecule has 2 aromatic carbocycles. The van der Waals surface area contributed by atoms with Crippen LogP contribution in [0.25, 0.3) is 11.0 Å². The van der Waals surface area contributed by atoms with E-state index in [1.807, 2.05) is 44.2 Å². The number of aryl methyl sites for hydroxylation is 2. The number of hydrogen-bond acceptors (Lipinski definition) is 5. The van der Waals surface area contributed by atoms with Crippen molar-refractivity contribution in [2.24, 2.45) is 0 Å². The van der Waals surface area contributed by atoms with Crippen molar-refractivity contribution < 1.29 is 13.9 Å². The molecule has 0 radical (unpaired) electrons. The summed E-state index contributed by atoms with van der Waals surface area (Å²) in [5, 5.41) is 0.999. The van der Waals surface area contributed by atoms with Crippen LogP contribution < -0.4 is 10.4 Å². The summed E-state index contributed by atoms with van der Waals surface area (Å²) in [6, 6.07) is 12.2. The summed E-state index contributed by atoms with van der Waals surface area (Å²) in [5.74, 6) is 0.851. The fraction of sp³-hybridized carbons (Fsp3) is 0.400. The lowest BCUT2D eigenvalue weighted by atomic mass is 9.96. The van der Waals surface area contributed by atoms with Crippen LogP contribution in [0.3, 0.4) is 0 Å². The molecule has 0 amide bonds. The van der Waals surface area contributed by atoms with Crippen LogP contribution in [-0.4, -0.2) is 30.9 Å². The molecular formula is C25H27NO4. The Morgan fingerprint density at radius 3 is 2.73 bits per heavy atom. The lowest BCUT2D eigenvalue weighted by Gasteiger charge is -2.31. The Kier molecular flexibility index (Phi) is 5.09. The first-order chi connectivity index (χ1) is 14.6. The fourth-order valence-corrected chi connectivity index (χ4v) is 4.69. The highest BCUT2D eigenvalue weighted by atomic mass is 16.5. The first-order valence-electron chi connectivity index (χ1n) is 10.7. The van der Waals surface area contributed by atoms with Gasteiger partial charge in [-0.1, -0.05) is 30.3 Å². The molecule has 2 aliphatic heterocycles. The fourth-order valence-electron chi connectivity index (χ4n) is 4.69. The van der Waals surface area contributed by atoms with Gasteiger partial charge in [0.15, 0.2) is 0 Å². The quantitative estimate of drug-likeness (QED) is 0.605. The standard InChI is InChI=1S/C25H27NO4/c1-16-21-12-19-13-26(14-20-9-6-10-28-20)15-29-23(19)17(2)24(21)30-25(27)22(16)11-18-7-4-3-5-8-18/h3-5,7-8,12,20H,6,9-11,13-15H2,1-2H3/t20-/m1/s1. The van der Waals surface area contributed by atoms with Gasteiger partial charge in [0.2, 0.25) is 0 Å². The average molecular weight is 405 g/mol. The van der Waals surface area contributed by atoms with Crippen LogP contribution in [0.15, 0.2) is 45.6 Å². The third-order valence-corrected chi connectivity index (χ3v) is 6.33. The van der Waals surface area contributed by atoms with Gasteiger partial charge in [-0.05, 0) is 43.9 Å². The van der Waals surface area contributed by atoms with Gasteiger partial charge >= 0.3 is 5.63 Å². The minimum atomic E-state index is -0.261. The van der Waals surface area contributed by atoms with Gasteiger partial charge in [-0.2, -0.15) is 0 Å². The van der Waals surface area contributed by atoms with Gasteiger partial charge < -0.3 is 13.9 Å². The third-order valence-electron chi connectivity index (χ3n) is 6.33. The topological polar surface area (TPSA) is 51.9 Å². The highest BCUT2D eigenvalue weighted by Gasteiger charge is 2.26. The Labute approximate surface area is 176 Å². The van der Waals surface area contributed by atoms with Crippen molar-refractivity contribution in [2.75, 3.05) is 19.9 Å². The largest absolute Gasteiger partial charge is 0.477 e. The highest BCUT2D eigenvalue weighted by molar-refractivity contribution is 5.87. The van der Waals surface area contributed by atoms with E-state index in [0.29, 0.717) is 24.8 Å². The Balaban J connectivity index is 1.52. The molecule has 5 rings (SSSR count). The molecule has 0 aliphatic carbocycles. The molecule has 0 N–H and O–H groups in total. The molecule has 1 fully saturated rings. The van der Waals surface area contributed by atoms with E-state index in [4.69, 9.17) is 13.9 Å². The summed E-state index contributed by atoms with van der Waals surface area (Å²) in [5.41, 5.74) is 5.25. The zero-order valence-electron chi connectivity index (χ0n) is 17.6. The molecule has 0 bridgehead atoms. The molecule has 5 nitrogen and oxygen atoms in total. The average Bonchev–Trinajstić information content (AvgIpc) is 3.26. The van der Waals surface area contributed by atoms with Crippen molar-refractivity contribution in [3.05, 3.63) is 74.6 Å². The highest BCUT2D eigenvalue weighted by Crippen LogP contribution is 2.36. The van der Waals surface area contributed by atoms with Crippen LogP contribution in [0.5, 0.6) is 5.75 Å². The van der Waals surface area contributed by atoms with Crippen molar-refractivity contribution in [1.82, 2.24) is 4.90 Å². The molecule has 1 saturated heterocycles. The third kappa shape index (κ3) is 3.53. The molecule has 2 aliphatic rings. The van der Waals surface area contributed by atoms with Crippen LogP contribution >= 0.6 is 0 Å².